The summed E-state index contributed by atoms with van der Waals surface area (Å²) in [6.45, 7) is 10.1. The van der Waals surface area contributed by atoms with Gasteiger partial charge in [-0.1, -0.05) is 51.1 Å². The molecule has 0 aliphatic carbocycles. The first-order chi connectivity index (χ1) is 17.2. The third kappa shape index (κ3) is 7.84. The molecule has 0 bridgehead atoms. The van der Waals surface area contributed by atoms with Gasteiger partial charge in [-0.25, -0.2) is 0 Å². The van der Waals surface area contributed by atoms with Crippen molar-refractivity contribution in [2.24, 2.45) is 5.41 Å². The minimum absolute atomic E-state index is 0.0822. The molecule has 2 amide bonds. The number of rotatable bonds is 9. The van der Waals surface area contributed by atoms with Crippen molar-refractivity contribution in [1.29, 1.82) is 0 Å². The largest absolute Gasteiger partial charge is 0.416 e. The summed E-state index contributed by atoms with van der Waals surface area (Å²) < 4.78 is 39.1. The van der Waals surface area contributed by atoms with Crippen LogP contribution in [0.5, 0.6) is 0 Å². The number of fused-ring (bicyclic) bond motifs is 1. The minimum atomic E-state index is -4.42. The number of para-hydroxylation sites is 1. The SMILES string of the molecule is CC(C)N(CC(=O)N(CCc1c[nH]c2ccccc12)Cc1ccc(C(F)(F)F)cc1)C(=O)CC(C)(C)C. The number of alkyl halides is 3. The van der Waals surface area contributed by atoms with Crippen molar-refractivity contribution in [2.75, 3.05) is 13.1 Å². The summed E-state index contributed by atoms with van der Waals surface area (Å²) in [6, 6.07) is 12.6. The topological polar surface area (TPSA) is 56.4 Å². The van der Waals surface area contributed by atoms with Crippen LogP contribution in [-0.4, -0.2) is 45.7 Å². The molecule has 0 aliphatic rings. The van der Waals surface area contributed by atoms with E-state index in [1.807, 2.05) is 65.1 Å². The van der Waals surface area contributed by atoms with Crippen LogP contribution >= 0.6 is 0 Å². The van der Waals surface area contributed by atoms with Crippen LogP contribution in [0.3, 0.4) is 0 Å². The fourth-order valence-corrected chi connectivity index (χ4v) is 4.26. The Bertz CT molecular complexity index is 1210. The number of hydrogen-bond donors (Lipinski definition) is 1. The van der Waals surface area contributed by atoms with E-state index in [1.165, 1.54) is 12.1 Å². The van der Waals surface area contributed by atoms with Gasteiger partial charge in [-0.05, 0) is 55.0 Å². The number of hydrogen-bond acceptors (Lipinski definition) is 2. The minimum Gasteiger partial charge on any atom is -0.361 e. The molecule has 1 aromatic heterocycles. The van der Waals surface area contributed by atoms with Crippen molar-refractivity contribution in [3.8, 4) is 0 Å². The van der Waals surface area contributed by atoms with E-state index < -0.39 is 11.7 Å². The number of carbonyl (C=O) groups excluding carboxylic acids is 2. The fourth-order valence-electron chi connectivity index (χ4n) is 4.26. The number of H-pyrrole nitrogens is 1. The van der Waals surface area contributed by atoms with Gasteiger partial charge in [0.05, 0.1) is 12.1 Å². The van der Waals surface area contributed by atoms with Gasteiger partial charge in [0, 0.05) is 42.7 Å². The molecule has 1 heterocycles. The maximum absolute atomic E-state index is 13.5. The normalized spacial score (nSPS) is 12.2. The molecule has 8 heteroatoms. The standard InChI is InChI=1S/C29H36F3N3O2/c1-20(2)35(26(36)16-28(3,4)5)19-27(37)34(18-21-10-12-23(13-11-21)29(30,31)32)15-14-22-17-33-25-9-7-6-8-24(22)25/h6-13,17,20,33H,14-16,18-19H2,1-5H3. The Morgan fingerprint density at radius 3 is 2.19 bits per heavy atom. The molecule has 37 heavy (non-hydrogen) atoms. The van der Waals surface area contributed by atoms with Gasteiger partial charge in [0.2, 0.25) is 11.8 Å². The molecule has 3 aromatic rings. The second-order valence-corrected chi connectivity index (χ2v) is 11.0. The Morgan fingerprint density at radius 1 is 0.946 bits per heavy atom. The van der Waals surface area contributed by atoms with Crippen molar-refractivity contribution < 1.29 is 22.8 Å². The fraction of sp³-hybridized carbons (Fsp3) is 0.448. The highest BCUT2D eigenvalue weighted by atomic mass is 19.4. The number of nitrogens with one attached hydrogen (secondary N) is 1. The predicted molar refractivity (Wildman–Crippen MR) is 140 cm³/mol. The van der Waals surface area contributed by atoms with Gasteiger partial charge < -0.3 is 14.8 Å². The average molecular weight is 516 g/mol. The first-order valence-corrected chi connectivity index (χ1v) is 12.5. The molecule has 0 atom stereocenters. The average Bonchev–Trinajstić information content (AvgIpc) is 3.21. The zero-order valence-corrected chi connectivity index (χ0v) is 22.2. The molecule has 0 radical (unpaired) electrons. The molecule has 0 aliphatic heterocycles. The number of aromatic amines is 1. The second kappa shape index (κ2) is 11.4. The molecule has 2 aromatic carbocycles. The molecule has 0 unspecified atom stereocenters. The van der Waals surface area contributed by atoms with Crippen LogP contribution in [0.15, 0.2) is 54.7 Å². The predicted octanol–water partition coefficient (Wildman–Crippen LogP) is 6.43. The lowest BCUT2D eigenvalue weighted by atomic mass is 9.91. The Hall–Kier alpha value is -3.29. The Kier molecular flexibility index (Phi) is 8.72. The highest BCUT2D eigenvalue weighted by Gasteiger charge is 2.30. The van der Waals surface area contributed by atoms with Gasteiger partial charge in [0.1, 0.15) is 0 Å². The Balaban J connectivity index is 1.82. The van der Waals surface area contributed by atoms with Gasteiger partial charge >= 0.3 is 6.18 Å². The Morgan fingerprint density at radius 2 is 1.59 bits per heavy atom. The quantitative estimate of drug-likeness (QED) is 0.357. The van der Waals surface area contributed by atoms with Crippen LogP contribution in [0.1, 0.15) is 57.7 Å². The third-order valence-corrected chi connectivity index (χ3v) is 6.26. The molecule has 0 saturated heterocycles. The van der Waals surface area contributed by atoms with Crippen molar-refractivity contribution in [1.82, 2.24) is 14.8 Å². The number of amides is 2. The maximum atomic E-state index is 13.5. The van der Waals surface area contributed by atoms with E-state index in [0.717, 1.165) is 28.6 Å². The van der Waals surface area contributed by atoms with Crippen LogP contribution in [0.2, 0.25) is 0 Å². The molecule has 1 N–H and O–H groups in total. The summed E-state index contributed by atoms with van der Waals surface area (Å²) >= 11 is 0. The van der Waals surface area contributed by atoms with E-state index in [4.69, 9.17) is 0 Å². The molecule has 3 rings (SSSR count). The molecule has 5 nitrogen and oxygen atoms in total. The van der Waals surface area contributed by atoms with E-state index in [-0.39, 0.29) is 36.4 Å². The summed E-state index contributed by atoms with van der Waals surface area (Å²) in [7, 11) is 0. The summed E-state index contributed by atoms with van der Waals surface area (Å²) in [5.74, 6) is -0.336. The van der Waals surface area contributed by atoms with Gasteiger partial charge in [-0.2, -0.15) is 13.2 Å². The third-order valence-electron chi connectivity index (χ3n) is 6.26. The smallest absolute Gasteiger partial charge is 0.361 e. The van der Waals surface area contributed by atoms with Crippen LogP contribution in [0, 0.1) is 5.41 Å². The lowest BCUT2D eigenvalue weighted by molar-refractivity contribution is -0.143. The zero-order valence-electron chi connectivity index (χ0n) is 22.2. The van der Waals surface area contributed by atoms with E-state index >= 15 is 0 Å². The van der Waals surface area contributed by atoms with Crippen molar-refractivity contribution in [3.05, 3.63) is 71.4 Å². The van der Waals surface area contributed by atoms with Gasteiger partial charge in [0.25, 0.3) is 0 Å². The van der Waals surface area contributed by atoms with E-state index in [1.54, 1.807) is 9.80 Å². The molecular weight excluding hydrogens is 479 g/mol. The van der Waals surface area contributed by atoms with Crippen molar-refractivity contribution >= 4 is 22.7 Å². The monoisotopic (exact) mass is 515 g/mol. The molecule has 0 saturated carbocycles. The van der Waals surface area contributed by atoms with Crippen LogP contribution < -0.4 is 0 Å². The van der Waals surface area contributed by atoms with E-state index in [9.17, 15) is 22.8 Å². The van der Waals surface area contributed by atoms with Crippen LogP contribution in [0.25, 0.3) is 10.9 Å². The maximum Gasteiger partial charge on any atom is 0.416 e. The van der Waals surface area contributed by atoms with E-state index in [2.05, 4.69) is 4.98 Å². The highest BCUT2D eigenvalue weighted by molar-refractivity contribution is 5.86. The van der Waals surface area contributed by atoms with Crippen LogP contribution in [-0.2, 0) is 28.7 Å². The van der Waals surface area contributed by atoms with E-state index in [0.29, 0.717) is 24.9 Å². The Labute approximate surface area is 216 Å². The van der Waals surface area contributed by atoms with Gasteiger partial charge in [-0.3, -0.25) is 9.59 Å². The molecule has 0 spiro atoms. The number of nitrogens with zero attached hydrogens (tertiary/aromatic N) is 2. The number of aromatic nitrogens is 1. The molecule has 0 fully saturated rings. The summed E-state index contributed by atoms with van der Waals surface area (Å²) in [5.41, 5.74) is 1.69. The highest BCUT2D eigenvalue weighted by Crippen LogP contribution is 2.29. The lowest BCUT2D eigenvalue weighted by Crippen LogP contribution is -2.46. The summed E-state index contributed by atoms with van der Waals surface area (Å²) in [6.07, 6.45) is -1.63. The lowest BCUT2D eigenvalue weighted by Gasteiger charge is -2.32. The molecular formula is C29H36F3N3O2. The van der Waals surface area contributed by atoms with Crippen molar-refractivity contribution in [2.45, 2.75) is 66.2 Å². The number of halogens is 3. The van der Waals surface area contributed by atoms with Crippen LogP contribution in [0.4, 0.5) is 13.2 Å². The van der Waals surface area contributed by atoms with Gasteiger partial charge in [0.15, 0.2) is 0 Å². The zero-order chi connectivity index (χ0) is 27.4. The number of benzene rings is 2. The number of carbonyl (C=O) groups is 2. The summed E-state index contributed by atoms with van der Waals surface area (Å²) in [4.78, 5) is 33.0. The summed E-state index contributed by atoms with van der Waals surface area (Å²) in [5, 5.41) is 1.06. The van der Waals surface area contributed by atoms with Gasteiger partial charge in [-0.15, -0.1) is 0 Å². The second-order valence-electron chi connectivity index (χ2n) is 11.0. The first-order valence-electron chi connectivity index (χ1n) is 12.5. The van der Waals surface area contributed by atoms with Crippen molar-refractivity contribution in [3.63, 3.8) is 0 Å². The first kappa shape index (κ1) is 28.3. The molecule has 200 valence electrons.